The van der Waals surface area contributed by atoms with E-state index < -0.39 is 0 Å². The van der Waals surface area contributed by atoms with E-state index in [9.17, 15) is 4.79 Å². The first-order valence-electron chi connectivity index (χ1n) is 5.80. The van der Waals surface area contributed by atoms with Gasteiger partial charge in [-0.1, -0.05) is 24.3 Å². The van der Waals surface area contributed by atoms with E-state index in [4.69, 9.17) is 10.5 Å². The Bertz CT molecular complexity index is 406. The second-order valence-electron chi connectivity index (χ2n) is 4.48. The third kappa shape index (κ3) is 3.28. The standard InChI is InChI=1S/C13H18N2O2/c1-17-8-10-4-2-3-9(5-10)7-15-13(16)11-6-12(11)14/h2-5,11-12H,6-8,14H2,1H3,(H,15,16). The van der Waals surface area contributed by atoms with E-state index in [0.717, 1.165) is 17.5 Å². The number of carbonyl (C=O) groups is 1. The molecule has 3 N–H and O–H groups in total. The molecular formula is C13H18N2O2. The van der Waals surface area contributed by atoms with Gasteiger partial charge < -0.3 is 15.8 Å². The molecule has 1 aromatic carbocycles. The van der Waals surface area contributed by atoms with Crippen molar-refractivity contribution in [2.24, 2.45) is 11.7 Å². The predicted octanol–water partition coefficient (Wildman–Crippen LogP) is 0.796. The van der Waals surface area contributed by atoms with Crippen molar-refractivity contribution in [3.63, 3.8) is 0 Å². The minimum atomic E-state index is 0.0251. The lowest BCUT2D eigenvalue weighted by Crippen LogP contribution is -2.26. The summed E-state index contributed by atoms with van der Waals surface area (Å²) >= 11 is 0. The van der Waals surface area contributed by atoms with Crippen LogP contribution in [0, 0.1) is 5.92 Å². The van der Waals surface area contributed by atoms with Crippen molar-refractivity contribution in [1.29, 1.82) is 0 Å². The molecule has 1 aliphatic rings. The van der Waals surface area contributed by atoms with Crippen LogP contribution in [0.3, 0.4) is 0 Å². The number of carbonyl (C=O) groups excluding carboxylic acids is 1. The van der Waals surface area contributed by atoms with Crippen molar-refractivity contribution in [3.05, 3.63) is 35.4 Å². The normalized spacial score (nSPS) is 22.2. The number of hydrogen-bond donors (Lipinski definition) is 2. The summed E-state index contributed by atoms with van der Waals surface area (Å²) in [7, 11) is 1.67. The third-order valence-corrected chi connectivity index (χ3v) is 2.95. The zero-order valence-corrected chi connectivity index (χ0v) is 9.98. The highest BCUT2D eigenvalue weighted by Gasteiger charge is 2.39. The highest BCUT2D eigenvalue weighted by Crippen LogP contribution is 2.27. The quantitative estimate of drug-likeness (QED) is 0.792. The van der Waals surface area contributed by atoms with Crippen molar-refractivity contribution in [2.45, 2.75) is 25.6 Å². The van der Waals surface area contributed by atoms with Gasteiger partial charge in [-0.25, -0.2) is 0 Å². The number of hydrogen-bond acceptors (Lipinski definition) is 3. The molecule has 1 fully saturated rings. The highest BCUT2D eigenvalue weighted by atomic mass is 16.5. The predicted molar refractivity (Wildman–Crippen MR) is 65.1 cm³/mol. The minimum absolute atomic E-state index is 0.0251. The van der Waals surface area contributed by atoms with Crippen molar-refractivity contribution in [1.82, 2.24) is 5.32 Å². The molecule has 1 aliphatic carbocycles. The van der Waals surface area contributed by atoms with Gasteiger partial charge in [0.1, 0.15) is 0 Å². The lowest BCUT2D eigenvalue weighted by atomic mass is 10.1. The van der Waals surface area contributed by atoms with Crippen LogP contribution >= 0.6 is 0 Å². The Balaban J connectivity index is 1.85. The molecule has 0 saturated heterocycles. The molecule has 0 aliphatic heterocycles. The topological polar surface area (TPSA) is 64.3 Å². The Kier molecular flexibility index (Phi) is 3.76. The molecule has 1 saturated carbocycles. The fourth-order valence-electron chi connectivity index (χ4n) is 1.83. The van der Waals surface area contributed by atoms with Crippen molar-refractivity contribution in [2.75, 3.05) is 7.11 Å². The van der Waals surface area contributed by atoms with Crippen LogP contribution in [0.15, 0.2) is 24.3 Å². The zero-order chi connectivity index (χ0) is 12.3. The van der Waals surface area contributed by atoms with Crippen LogP contribution in [0.5, 0.6) is 0 Å². The van der Waals surface area contributed by atoms with E-state index in [1.165, 1.54) is 0 Å². The highest BCUT2D eigenvalue weighted by molar-refractivity contribution is 5.82. The van der Waals surface area contributed by atoms with Crippen molar-refractivity contribution in [3.8, 4) is 0 Å². The average Bonchev–Trinajstić information content (AvgIpc) is 3.04. The zero-order valence-electron chi connectivity index (χ0n) is 9.98. The van der Waals surface area contributed by atoms with Gasteiger partial charge in [0, 0.05) is 19.7 Å². The van der Waals surface area contributed by atoms with Gasteiger partial charge in [-0.2, -0.15) is 0 Å². The van der Waals surface area contributed by atoms with Crippen molar-refractivity contribution < 1.29 is 9.53 Å². The van der Waals surface area contributed by atoms with Crippen molar-refractivity contribution >= 4 is 5.91 Å². The number of methoxy groups -OCH3 is 1. The van der Waals surface area contributed by atoms with E-state index in [1.54, 1.807) is 7.11 Å². The molecule has 4 nitrogen and oxygen atoms in total. The maximum absolute atomic E-state index is 11.6. The molecular weight excluding hydrogens is 216 g/mol. The number of nitrogens with one attached hydrogen (secondary N) is 1. The molecule has 0 radical (unpaired) electrons. The number of benzene rings is 1. The van der Waals surface area contributed by atoms with Crippen LogP contribution in [0.25, 0.3) is 0 Å². The molecule has 1 aromatic rings. The van der Waals surface area contributed by atoms with Crippen LogP contribution in [0.4, 0.5) is 0 Å². The molecule has 4 heteroatoms. The largest absolute Gasteiger partial charge is 0.380 e. The molecule has 92 valence electrons. The summed E-state index contributed by atoms with van der Waals surface area (Å²) < 4.78 is 5.07. The Labute approximate surface area is 101 Å². The molecule has 0 spiro atoms. The summed E-state index contributed by atoms with van der Waals surface area (Å²) in [5.74, 6) is 0.0896. The summed E-state index contributed by atoms with van der Waals surface area (Å²) in [6.07, 6.45) is 0.815. The monoisotopic (exact) mass is 234 g/mol. The smallest absolute Gasteiger partial charge is 0.225 e. The van der Waals surface area contributed by atoms with Gasteiger partial charge in [-0.05, 0) is 17.5 Å². The summed E-state index contributed by atoms with van der Waals surface area (Å²) in [4.78, 5) is 11.6. The van der Waals surface area contributed by atoms with Gasteiger partial charge in [0.05, 0.1) is 12.5 Å². The molecule has 17 heavy (non-hydrogen) atoms. The third-order valence-electron chi connectivity index (χ3n) is 2.95. The average molecular weight is 234 g/mol. The first-order chi connectivity index (χ1) is 8.20. The van der Waals surface area contributed by atoms with E-state index in [-0.39, 0.29) is 17.9 Å². The first kappa shape index (κ1) is 12.1. The second kappa shape index (κ2) is 5.29. The lowest BCUT2D eigenvalue weighted by Gasteiger charge is -2.06. The van der Waals surface area contributed by atoms with Gasteiger partial charge in [0.25, 0.3) is 0 Å². The molecule has 0 heterocycles. The van der Waals surface area contributed by atoms with E-state index in [0.29, 0.717) is 13.2 Å². The summed E-state index contributed by atoms with van der Waals surface area (Å²) in [5.41, 5.74) is 7.82. The SMILES string of the molecule is COCc1cccc(CNC(=O)C2CC2N)c1. The molecule has 2 unspecified atom stereocenters. The Morgan fingerprint density at radius 3 is 2.88 bits per heavy atom. The Morgan fingerprint density at radius 1 is 1.53 bits per heavy atom. The van der Waals surface area contributed by atoms with Gasteiger partial charge in [-0.15, -0.1) is 0 Å². The lowest BCUT2D eigenvalue weighted by molar-refractivity contribution is -0.122. The molecule has 2 rings (SSSR count). The number of nitrogens with two attached hydrogens (primary N) is 1. The Hall–Kier alpha value is -1.39. The van der Waals surface area contributed by atoms with Gasteiger partial charge >= 0.3 is 0 Å². The fourth-order valence-corrected chi connectivity index (χ4v) is 1.83. The van der Waals surface area contributed by atoms with Crippen LogP contribution in [-0.2, 0) is 22.7 Å². The van der Waals surface area contributed by atoms with Crippen LogP contribution < -0.4 is 11.1 Å². The number of amides is 1. The van der Waals surface area contributed by atoms with E-state index >= 15 is 0 Å². The molecule has 1 amide bonds. The van der Waals surface area contributed by atoms with Crippen LogP contribution in [-0.4, -0.2) is 19.1 Å². The van der Waals surface area contributed by atoms with Crippen LogP contribution in [0.2, 0.25) is 0 Å². The van der Waals surface area contributed by atoms with Gasteiger partial charge in [-0.3, -0.25) is 4.79 Å². The number of rotatable bonds is 5. The molecule has 2 atom stereocenters. The molecule has 0 aromatic heterocycles. The van der Waals surface area contributed by atoms with Crippen LogP contribution in [0.1, 0.15) is 17.5 Å². The second-order valence-corrected chi connectivity index (χ2v) is 4.48. The summed E-state index contributed by atoms with van der Waals surface area (Å²) in [6.45, 7) is 1.15. The van der Waals surface area contributed by atoms with Gasteiger partial charge in [0.2, 0.25) is 5.91 Å². The maximum atomic E-state index is 11.6. The molecule has 0 bridgehead atoms. The van der Waals surface area contributed by atoms with Gasteiger partial charge in [0.15, 0.2) is 0 Å². The van der Waals surface area contributed by atoms with E-state index in [1.807, 2.05) is 24.3 Å². The summed E-state index contributed by atoms with van der Waals surface area (Å²) in [6, 6.07) is 8.07. The fraction of sp³-hybridized carbons (Fsp3) is 0.462. The van der Waals surface area contributed by atoms with E-state index in [2.05, 4.69) is 5.32 Å². The number of ether oxygens (including phenoxy) is 1. The summed E-state index contributed by atoms with van der Waals surface area (Å²) in [5, 5.41) is 2.90. The minimum Gasteiger partial charge on any atom is -0.380 e. The maximum Gasteiger partial charge on any atom is 0.225 e. The first-order valence-corrected chi connectivity index (χ1v) is 5.80. The Morgan fingerprint density at radius 2 is 2.24 bits per heavy atom.